The van der Waals surface area contributed by atoms with Gasteiger partial charge < -0.3 is 10.6 Å². The van der Waals surface area contributed by atoms with Gasteiger partial charge in [-0.2, -0.15) is 0 Å². The van der Waals surface area contributed by atoms with Crippen molar-refractivity contribution in [1.82, 2.24) is 14.5 Å². The van der Waals surface area contributed by atoms with Crippen LogP contribution < -0.4 is 16.2 Å². The lowest BCUT2D eigenvalue weighted by molar-refractivity contribution is 0.103. The molecule has 0 saturated carbocycles. The summed E-state index contributed by atoms with van der Waals surface area (Å²) < 4.78 is 1.60. The number of aromatic nitrogens is 2. The summed E-state index contributed by atoms with van der Waals surface area (Å²) in [5, 5.41) is 6.51. The molecular formula is C32H37N5O2S. The van der Waals surface area contributed by atoms with Crippen molar-refractivity contribution in [3.8, 4) is 11.1 Å². The monoisotopic (exact) mass is 555 g/mol. The highest BCUT2D eigenvalue weighted by Crippen LogP contribution is 2.35. The van der Waals surface area contributed by atoms with Crippen molar-refractivity contribution in [1.29, 1.82) is 0 Å². The molecule has 0 bridgehead atoms. The first-order chi connectivity index (χ1) is 19.2. The molecule has 1 aliphatic rings. The molecule has 3 aromatic heterocycles. The van der Waals surface area contributed by atoms with Crippen LogP contribution in [-0.4, -0.2) is 33.4 Å². The third kappa shape index (κ3) is 5.88. The summed E-state index contributed by atoms with van der Waals surface area (Å²) in [5.74, 6) is 1.22. The predicted molar refractivity (Wildman–Crippen MR) is 165 cm³/mol. The van der Waals surface area contributed by atoms with E-state index in [0.717, 1.165) is 52.2 Å². The molecule has 0 radical (unpaired) electrons. The van der Waals surface area contributed by atoms with Crippen LogP contribution in [0.4, 0.5) is 17.3 Å². The number of carbonyl (C=O) groups excluding carboxylic acids is 1. The average molecular weight is 556 g/mol. The van der Waals surface area contributed by atoms with E-state index in [1.807, 2.05) is 43.5 Å². The van der Waals surface area contributed by atoms with Gasteiger partial charge in [-0.25, -0.2) is 4.98 Å². The molecule has 0 atom stereocenters. The van der Waals surface area contributed by atoms with E-state index in [0.29, 0.717) is 17.7 Å². The molecule has 0 aliphatic heterocycles. The van der Waals surface area contributed by atoms with Gasteiger partial charge in [0.2, 0.25) is 0 Å². The highest BCUT2D eigenvalue weighted by molar-refractivity contribution is 7.14. The molecule has 0 saturated heterocycles. The molecule has 1 aliphatic carbocycles. The number of benzene rings is 1. The van der Waals surface area contributed by atoms with E-state index in [4.69, 9.17) is 0 Å². The Bertz CT molecular complexity index is 1560. The topological polar surface area (TPSA) is 79.3 Å². The van der Waals surface area contributed by atoms with Gasteiger partial charge in [-0.1, -0.05) is 18.2 Å². The largest absolute Gasteiger partial charge is 0.326 e. The molecular weight excluding hydrogens is 518 g/mol. The number of nitrogens with one attached hydrogen (secondary N) is 2. The summed E-state index contributed by atoms with van der Waals surface area (Å²) in [4.78, 5) is 34.8. The Hall–Kier alpha value is -3.75. The maximum absolute atomic E-state index is 13.2. The number of carbonyl (C=O) groups is 1. The number of rotatable bonds is 8. The van der Waals surface area contributed by atoms with Crippen LogP contribution >= 0.6 is 11.3 Å². The number of fused-ring (bicyclic) bond motifs is 1. The quantitative estimate of drug-likeness (QED) is 0.258. The number of thiophene rings is 1. The van der Waals surface area contributed by atoms with Gasteiger partial charge in [-0.05, 0) is 100 Å². The summed E-state index contributed by atoms with van der Waals surface area (Å²) in [6, 6.07) is 15.8. The van der Waals surface area contributed by atoms with Crippen molar-refractivity contribution >= 4 is 34.6 Å². The molecule has 2 N–H and O–H groups in total. The number of hydrogen-bond acceptors (Lipinski definition) is 6. The minimum absolute atomic E-state index is 0.0779. The minimum atomic E-state index is -0.120. The predicted octanol–water partition coefficient (Wildman–Crippen LogP) is 6.53. The molecule has 1 amide bonds. The number of aryl methyl sites for hydroxylation is 2. The Balaban J connectivity index is 1.42. The van der Waals surface area contributed by atoms with Crippen molar-refractivity contribution in [2.24, 2.45) is 7.05 Å². The number of hydrogen-bond donors (Lipinski definition) is 2. The molecule has 3 heterocycles. The third-order valence-corrected chi connectivity index (χ3v) is 9.03. The molecule has 7 nitrogen and oxygen atoms in total. The zero-order chi connectivity index (χ0) is 28.4. The van der Waals surface area contributed by atoms with Crippen LogP contribution in [-0.2, 0) is 26.4 Å². The second kappa shape index (κ2) is 11.8. The summed E-state index contributed by atoms with van der Waals surface area (Å²) in [5.41, 5.74) is 5.79. The average Bonchev–Trinajstić information content (AvgIpc) is 3.38. The zero-order valence-electron chi connectivity index (χ0n) is 23.9. The summed E-state index contributed by atoms with van der Waals surface area (Å²) >= 11 is 1.61. The number of anilines is 3. The molecule has 1 aromatic carbocycles. The van der Waals surface area contributed by atoms with E-state index in [2.05, 4.69) is 53.5 Å². The number of nitrogens with zero attached hydrogens (tertiary/aromatic N) is 3. The summed E-state index contributed by atoms with van der Waals surface area (Å²) in [7, 11) is 3.84. The molecule has 4 aromatic rings. The Morgan fingerprint density at radius 1 is 1.10 bits per heavy atom. The first-order valence-electron chi connectivity index (χ1n) is 13.9. The standard InChI is InChI=1S/C32H37N5O2S/c1-20(2)36(4)19-22-13-15-29(33-18-22)35-31-25(14-16-30(38)37(31)5)24-10-8-11-26(21(24)3)34-32(39)28-17-23-9-6-7-12-27(23)40-28/h8,10-11,13-18,20H,6-7,9,12,19H2,1-5H3,(H,33,35)(H,34,39). The second-order valence-corrected chi connectivity index (χ2v) is 12.0. The fourth-order valence-electron chi connectivity index (χ4n) is 5.04. The maximum Gasteiger partial charge on any atom is 0.265 e. The number of pyridine rings is 2. The lowest BCUT2D eigenvalue weighted by atomic mass is 9.98. The highest BCUT2D eigenvalue weighted by atomic mass is 32.1. The van der Waals surface area contributed by atoms with E-state index < -0.39 is 0 Å². The third-order valence-electron chi connectivity index (χ3n) is 7.79. The van der Waals surface area contributed by atoms with E-state index in [1.54, 1.807) is 29.0 Å². The van der Waals surface area contributed by atoms with E-state index >= 15 is 0 Å². The SMILES string of the molecule is Cc1c(NC(=O)c2cc3c(s2)CCCC3)cccc1-c1ccc(=O)n(C)c1Nc1ccc(CN(C)C(C)C)cn1. The van der Waals surface area contributed by atoms with Crippen molar-refractivity contribution in [2.45, 2.75) is 59.0 Å². The molecule has 0 unspecified atom stereocenters. The molecule has 5 rings (SSSR count). The van der Waals surface area contributed by atoms with Gasteiger partial charge >= 0.3 is 0 Å². The van der Waals surface area contributed by atoms with Gasteiger partial charge in [-0.3, -0.25) is 19.1 Å². The maximum atomic E-state index is 13.2. The fraction of sp³-hybridized carbons (Fsp3) is 0.344. The van der Waals surface area contributed by atoms with Gasteiger partial charge in [0.15, 0.2) is 0 Å². The van der Waals surface area contributed by atoms with E-state index in [9.17, 15) is 9.59 Å². The fourth-order valence-corrected chi connectivity index (χ4v) is 6.19. The molecule has 208 valence electrons. The number of amides is 1. The first kappa shape index (κ1) is 27.8. The van der Waals surface area contributed by atoms with Crippen LogP contribution in [0, 0.1) is 6.92 Å². The van der Waals surface area contributed by atoms with Crippen LogP contribution in [0.15, 0.2) is 59.5 Å². The van der Waals surface area contributed by atoms with E-state index in [-0.39, 0.29) is 11.5 Å². The Labute approximate surface area is 239 Å². The summed E-state index contributed by atoms with van der Waals surface area (Å²) in [6.07, 6.45) is 6.38. The van der Waals surface area contributed by atoms with Crippen molar-refractivity contribution in [2.75, 3.05) is 17.7 Å². The lowest BCUT2D eigenvalue weighted by Gasteiger charge is -2.21. The lowest BCUT2D eigenvalue weighted by Crippen LogP contribution is -2.25. The normalized spacial score (nSPS) is 13.0. The van der Waals surface area contributed by atoms with Gasteiger partial charge in [0, 0.05) is 48.0 Å². The van der Waals surface area contributed by atoms with Crippen molar-refractivity contribution < 1.29 is 4.79 Å². The Morgan fingerprint density at radius 2 is 1.90 bits per heavy atom. The molecule has 8 heteroatoms. The highest BCUT2D eigenvalue weighted by Gasteiger charge is 2.19. The van der Waals surface area contributed by atoms with E-state index in [1.165, 1.54) is 23.3 Å². The van der Waals surface area contributed by atoms with Crippen LogP contribution in [0.3, 0.4) is 0 Å². The summed E-state index contributed by atoms with van der Waals surface area (Å²) in [6.45, 7) is 7.14. The Morgan fingerprint density at radius 3 is 2.62 bits per heavy atom. The zero-order valence-corrected chi connectivity index (χ0v) is 24.7. The van der Waals surface area contributed by atoms with Crippen LogP contribution in [0.5, 0.6) is 0 Å². The van der Waals surface area contributed by atoms with Crippen LogP contribution in [0.25, 0.3) is 11.1 Å². The van der Waals surface area contributed by atoms with Crippen LogP contribution in [0.1, 0.15) is 57.9 Å². The first-order valence-corrected chi connectivity index (χ1v) is 14.7. The van der Waals surface area contributed by atoms with Gasteiger partial charge in [0.25, 0.3) is 11.5 Å². The van der Waals surface area contributed by atoms with Gasteiger partial charge in [0.05, 0.1) is 4.88 Å². The van der Waals surface area contributed by atoms with Crippen molar-refractivity contribution in [3.63, 3.8) is 0 Å². The molecule has 0 fully saturated rings. The Kier molecular flexibility index (Phi) is 8.19. The van der Waals surface area contributed by atoms with Crippen LogP contribution in [0.2, 0.25) is 0 Å². The second-order valence-electron chi connectivity index (χ2n) is 10.9. The van der Waals surface area contributed by atoms with Gasteiger partial charge in [0.1, 0.15) is 11.6 Å². The minimum Gasteiger partial charge on any atom is -0.326 e. The molecule has 40 heavy (non-hydrogen) atoms. The smallest absolute Gasteiger partial charge is 0.265 e. The van der Waals surface area contributed by atoms with Gasteiger partial charge in [-0.15, -0.1) is 11.3 Å². The molecule has 0 spiro atoms. The van der Waals surface area contributed by atoms with Crippen molar-refractivity contribution in [3.05, 3.63) is 91.5 Å².